The van der Waals surface area contributed by atoms with Gasteiger partial charge in [-0.05, 0) is 18.5 Å². The van der Waals surface area contributed by atoms with Crippen LogP contribution in [0.5, 0.6) is 0 Å². The number of aromatic nitrogens is 1. The smallest absolute Gasteiger partial charge is 0.356 e. The molecule has 0 atom stereocenters. The molecule has 0 saturated heterocycles. The summed E-state index contributed by atoms with van der Waals surface area (Å²) in [5.41, 5.74) is 0. The third-order valence-electron chi connectivity index (χ3n) is 1.35. The lowest BCUT2D eigenvalue weighted by Crippen LogP contribution is -2.22. The minimum atomic E-state index is -5.42. The van der Waals surface area contributed by atoms with Gasteiger partial charge in [-0.1, -0.05) is 11.6 Å². The summed E-state index contributed by atoms with van der Waals surface area (Å²) in [6.45, 7) is 2.06. The topological polar surface area (TPSA) is 87.4 Å². The first-order chi connectivity index (χ1) is 8.07. The van der Waals surface area contributed by atoms with Crippen molar-refractivity contribution < 1.29 is 30.3 Å². The molecule has 0 radical (unpaired) electrons. The number of halogens is 3. The molecule has 0 saturated carbocycles. The summed E-state index contributed by atoms with van der Waals surface area (Å²) in [5, 5.41) is 0.613. The Bertz CT molecular complexity index is 522. The normalized spacial score (nSPS) is 10.6. The van der Waals surface area contributed by atoms with Gasteiger partial charge in [-0.3, -0.25) is 0 Å². The molecule has 0 fully saturated rings. The predicted molar refractivity (Wildman–Crippen MR) is 62.3 cm³/mol. The van der Waals surface area contributed by atoms with Gasteiger partial charge in [0.05, 0.1) is 6.61 Å². The third kappa shape index (κ3) is 6.45. The Morgan fingerprint density at radius 1 is 1.56 bits per heavy atom. The maximum absolute atomic E-state index is 11.3. The highest BCUT2D eigenvalue weighted by atomic mass is 35.5. The first kappa shape index (κ1) is 17.5. The summed E-state index contributed by atoms with van der Waals surface area (Å²) in [4.78, 5) is 11.6. The van der Waals surface area contributed by atoms with Crippen LogP contribution < -0.4 is 3.96 Å². The van der Waals surface area contributed by atoms with Crippen LogP contribution in [0.3, 0.4) is 0 Å². The van der Waals surface area contributed by atoms with Gasteiger partial charge < -0.3 is 9.29 Å². The maximum Gasteiger partial charge on any atom is 0.356 e. The van der Waals surface area contributed by atoms with Crippen molar-refractivity contribution in [1.29, 1.82) is 0 Å². The number of nitrogens with zero attached hydrogens (tertiary/aromatic N) is 1. The van der Waals surface area contributed by atoms with Gasteiger partial charge in [0.25, 0.3) is 10.5 Å². The van der Waals surface area contributed by atoms with Crippen molar-refractivity contribution in [2.45, 2.75) is 6.92 Å². The molecular weight excluding hydrogens is 332 g/mol. The average Bonchev–Trinajstić information content (AvgIpc) is 2.44. The van der Waals surface area contributed by atoms with Crippen molar-refractivity contribution in [3.63, 3.8) is 0 Å². The van der Waals surface area contributed by atoms with E-state index in [-0.39, 0.29) is 5.02 Å². The van der Waals surface area contributed by atoms with E-state index in [2.05, 4.69) is 0 Å². The van der Waals surface area contributed by atoms with Crippen LogP contribution in [-0.2, 0) is 22.3 Å². The Morgan fingerprint density at radius 2 is 2.00 bits per heavy atom. The highest BCUT2D eigenvalue weighted by Gasteiger charge is 2.26. The monoisotopic (exact) mass is 339 g/mol. The number of carbonyl (C=O) groups is 1. The fourth-order valence-corrected chi connectivity index (χ4v) is 2.14. The van der Waals surface area contributed by atoms with Gasteiger partial charge in [-0.25, -0.2) is 13.2 Å². The Labute approximate surface area is 117 Å². The molecule has 11 heteroatoms. The maximum atomic E-state index is 11.3. The summed E-state index contributed by atoms with van der Waals surface area (Å²) < 4.78 is 41.7. The molecule has 1 aromatic heterocycles. The van der Waals surface area contributed by atoms with Crippen LogP contribution in [-0.4, -0.2) is 25.5 Å². The zero-order chi connectivity index (χ0) is 14.5. The predicted octanol–water partition coefficient (Wildman–Crippen LogP) is 1.47. The standard InChI is InChI=1S/C7H8Cl2NO2S.FHO3S/c1-3-12-7(11)5-4(8)6(9)10(2)13-5;1-5(2,3)4/h3H2,1-2H3;(H,2,3,4)/q+1;/p-1. The molecule has 0 aliphatic carbocycles. The van der Waals surface area contributed by atoms with Gasteiger partial charge >= 0.3 is 11.1 Å². The SMILES string of the molecule is CCOC(=O)c1s[n+](C)c(Cl)c1Cl.O=S(=O)([O-])F. The van der Waals surface area contributed by atoms with E-state index in [1.54, 1.807) is 17.9 Å². The summed E-state index contributed by atoms with van der Waals surface area (Å²) in [5.74, 6) is -0.431. The van der Waals surface area contributed by atoms with E-state index in [4.69, 9.17) is 40.9 Å². The summed E-state index contributed by atoms with van der Waals surface area (Å²) in [6.07, 6.45) is 0. The fourth-order valence-electron chi connectivity index (χ4n) is 0.773. The first-order valence-corrected chi connectivity index (χ1v) is 7.08. The molecule has 0 N–H and O–H groups in total. The average molecular weight is 340 g/mol. The highest BCUT2D eigenvalue weighted by Crippen LogP contribution is 2.27. The lowest BCUT2D eigenvalue weighted by molar-refractivity contribution is -0.598. The molecule has 0 unspecified atom stereocenters. The van der Waals surface area contributed by atoms with Gasteiger partial charge in [0.2, 0.25) is 4.88 Å². The molecule has 0 spiro atoms. The van der Waals surface area contributed by atoms with Crippen LogP contribution in [0.1, 0.15) is 16.6 Å². The zero-order valence-electron chi connectivity index (χ0n) is 9.15. The second-order valence-corrected chi connectivity index (χ2v) is 5.30. The largest absolute Gasteiger partial charge is 0.722 e. The van der Waals surface area contributed by atoms with Crippen LogP contribution in [0.25, 0.3) is 0 Å². The van der Waals surface area contributed by atoms with Gasteiger partial charge in [0.1, 0.15) is 0 Å². The Morgan fingerprint density at radius 3 is 2.28 bits per heavy atom. The van der Waals surface area contributed by atoms with Gasteiger partial charge in [-0.2, -0.15) is 0 Å². The van der Waals surface area contributed by atoms with Crippen LogP contribution in [0.2, 0.25) is 10.2 Å². The van der Waals surface area contributed by atoms with Crippen molar-refractivity contribution in [2.24, 2.45) is 7.05 Å². The van der Waals surface area contributed by atoms with E-state index in [9.17, 15) is 8.68 Å². The molecule has 6 nitrogen and oxygen atoms in total. The highest BCUT2D eigenvalue weighted by molar-refractivity contribution is 7.80. The van der Waals surface area contributed by atoms with Crippen LogP contribution in [0, 0.1) is 0 Å². The van der Waals surface area contributed by atoms with E-state index in [1.165, 1.54) is 11.5 Å². The van der Waals surface area contributed by atoms with Crippen LogP contribution in [0.15, 0.2) is 0 Å². The molecule has 0 aliphatic heterocycles. The third-order valence-corrected chi connectivity index (χ3v) is 3.48. The van der Waals surface area contributed by atoms with E-state index < -0.39 is 16.5 Å². The second-order valence-electron chi connectivity index (χ2n) is 2.64. The zero-order valence-corrected chi connectivity index (χ0v) is 12.3. The van der Waals surface area contributed by atoms with Gasteiger partial charge in [0.15, 0.2) is 23.6 Å². The minimum Gasteiger partial charge on any atom is -0.722 e. The molecule has 0 aliphatic rings. The molecule has 18 heavy (non-hydrogen) atoms. The van der Waals surface area contributed by atoms with E-state index in [0.29, 0.717) is 16.6 Å². The molecular formula is C7H8Cl2FNO5S2. The molecule has 0 bridgehead atoms. The quantitative estimate of drug-likeness (QED) is 0.352. The van der Waals surface area contributed by atoms with E-state index in [0.717, 1.165) is 0 Å². The van der Waals surface area contributed by atoms with Crippen LogP contribution in [0.4, 0.5) is 3.89 Å². The van der Waals surface area contributed by atoms with Crippen molar-refractivity contribution in [3.05, 3.63) is 15.1 Å². The Kier molecular flexibility index (Phi) is 7.00. The second kappa shape index (κ2) is 7.19. The Balaban J connectivity index is 0.000000494. The van der Waals surface area contributed by atoms with Crippen molar-refractivity contribution >= 4 is 51.2 Å². The summed E-state index contributed by atoms with van der Waals surface area (Å²) >= 11 is 12.7. The van der Waals surface area contributed by atoms with Gasteiger partial charge in [-0.15, -0.1) is 7.84 Å². The number of carbonyl (C=O) groups excluding carboxylic acids is 1. The first-order valence-electron chi connectivity index (χ1n) is 4.24. The number of esters is 1. The summed E-state index contributed by atoms with van der Waals surface area (Å²) in [6, 6.07) is 0. The van der Waals surface area contributed by atoms with E-state index in [1.807, 2.05) is 0 Å². The molecule has 1 rings (SSSR count). The lowest BCUT2D eigenvalue weighted by atomic mass is 10.5. The lowest BCUT2D eigenvalue weighted by Gasteiger charge is -1.94. The van der Waals surface area contributed by atoms with Gasteiger partial charge in [0, 0.05) is 0 Å². The molecule has 0 amide bonds. The number of hydrogen-bond donors (Lipinski definition) is 0. The van der Waals surface area contributed by atoms with Crippen molar-refractivity contribution in [1.82, 2.24) is 0 Å². The molecule has 0 aromatic carbocycles. The number of aryl methyl sites for hydroxylation is 1. The molecule has 1 heterocycles. The van der Waals surface area contributed by atoms with Crippen molar-refractivity contribution in [3.8, 4) is 0 Å². The number of ether oxygens (including phenoxy) is 1. The minimum absolute atomic E-state index is 0.257. The molecule has 1 aromatic rings. The summed E-state index contributed by atoms with van der Waals surface area (Å²) in [7, 11) is -3.69. The number of hydrogen-bond acceptors (Lipinski definition) is 6. The Hall–Kier alpha value is -0.480. The van der Waals surface area contributed by atoms with Crippen LogP contribution >= 0.6 is 34.7 Å². The molecule has 104 valence electrons. The van der Waals surface area contributed by atoms with E-state index >= 15 is 0 Å². The van der Waals surface area contributed by atoms with Crippen molar-refractivity contribution in [2.75, 3.05) is 6.61 Å². The fraction of sp³-hybridized carbons (Fsp3) is 0.429. The number of rotatable bonds is 2.